The molecule has 0 radical (unpaired) electrons. The third-order valence-corrected chi connectivity index (χ3v) is 7.09. The van der Waals surface area contributed by atoms with E-state index < -0.39 is 0 Å². The Kier molecular flexibility index (Phi) is 7.44. The summed E-state index contributed by atoms with van der Waals surface area (Å²) in [7, 11) is 5.96. The van der Waals surface area contributed by atoms with Gasteiger partial charge < -0.3 is 19.9 Å². The summed E-state index contributed by atoms with van der Waals surface area (Å²) in [5.74, 6) is 1.35. The van der Waals surface area contributed by atoms with Crippen LogP contribution in [0.2, 0.25) is 0 Å². The molecular weight excluding hydrogens is 476 g/mol. The van der Waals surface area contributed by atoms with Crippen molar-refractivity contribution < 1.29 is 4.74 Å². The molecule has 1 N–H and O–H groups in total. The molecule has 1 aliphatic rings. The number of anilines is 2. The van der Waals surface area contributed by atoms with Gasteiger partial charge in [-0.15, -0.1) is 0 Å². The molecule has 0 amide bonds. The van der Waals surface area contributed by atoms with E-state index in [9.17, 15) is 4.79 Å². The molecule has 3 heterocycles. The van der Waals surface area contributed by atoms with Gasteiger partial charge in [-0.3, -0.25) is 9.36 Å². The molecule has 2 aromatic carbocycles. The Labute approximate surface area is 223 Å². The van der Waals surface area contributed by atoms with Crippen molar-refractivity contribution in [1.82, 2.24) is 19.4 Å². The molecule has 5 rings (SSSR count). The van der Waals surface area contributed by atoms with Crippen molar-refractivity contribution in [3.8, 4) is 11.1 Å². The molecule has 38 heavy (non-hydrogen) atoms. The fraction of sp³-hybridized carbons (Fsp3) is 0.367. The van der Waals surface area contributed by atoms with Crippen LogP contribution in [0.15, 0.2) is 59.4 Å². The molecule has 0 aliphatic carbocycles. The van der Waals surface area contributed by atoms with Crippen LogP contribution in [-0.4, -0.2) is 59.8 Å². The molecule has 0 saturated carbocycles. The molecule has 0 bridgehead atoms. The molecule has 1 aliphatic heterocycles. The molecule has 198 valence electrons. The minimum Gasteiger partial charge on any atom is -0.378 e. The van der Waals surface area contributed by atoms with Gasteiger partial charge in [-0.2, -0.15) is 0 Å². The van der Waals surface area contributed by atoms with Gasteiger partial charge in [0.05, 0.1) is 18.6 Å². The predicted octanol–water partition coefficient (Wildman–Crippen LogP) is 4.38. The number of morpholine rings is 1. The Hall–Kier alpha value is -3.75. The number of hydrogen-bond acceptors (Lipinski definition) is 7. The van der Waals surface area contributed by atoms with Crippen molar-refractivity contribution in [3.63, 3.8) is 0 Å². The third-order valence-electron chi connectivity index (χ3n) is 7.09. The number of hydrogen-bond donors (Lipinski definition) is 1. The number of fused-ring (bicyclic) bond motifs is 1. The highest BCUT2D eigenvalue weighted by molar-refractivity contribution is 5.89. The number of nitrogens with one attached hydrogen (secondary N) is 1. The molecule has 8 heteroatoms. The Balaban J connectivity index is 1.46. The van der Waals surface area contributed by atoms with Crippen LogP contribution in [0.1, 0.15) is 29.9 Å². The van der Waals surface area contributed by atoms with Gasteiger partial charge in [0.1, 0.15) is 23.0 Å². The van der Waals surface area contributed by atoms with Crippen molar-refractivity contribution in [2.75, 3.05) is 50.6 Å². The number of rotatable bonds is 7. The average molecular weight is 513 g/mol. The van der Waals surface area contributed by atoms with Crippen molar-refractivity contribution in [1.29, 1.82) is 0 Å². The van der Waals surface area contributed by atoms with E-state index in [1.807, 2.05) is 13.0 Å². The van der Waals surface area contributed by atoms with E-state index >= 15 is 0 Å². The topological polar surface area (TPSA) is 75.5 Å². The van der Waals surface area contributed by atoms with Crippen LogP contribution in [0.4, 0.5) is 11.5 Å². The normalized spacial score (nSPS) is 14.7. The lowest BCUT2D eigenvalue weighted by atomic mass is 9.97. The largest absolute Gasteiger partial charge is 0.378 e. The van der Waals surface area contributed by atoms with Crippen LogP contribution in [-0.2, 0) is 18.3 Å². The van der Waals surface area contributed by atoms with Gasteiger partial charge in [-0.05, 0) is 56.3 Å². The lowest BCUT2D eigenvalue weighted by Gasteiger charge is -2.29. The molecule has 0 spiro atoms. The SMILES string of the molecule is Cc1nc(N[C@H](C)c2ccc(-c3ccccc3CN(C)C)cc2)c2cc(N3CCOCC3)c(=O)n(C)c2n1. The predicted molar refractivity (Wildman–Crippen MR) is 154 cm³/mol. The minimum atomic E-state index is -0.0540. The van der Waals surface area contributed by atoms with Crippen molar-refractivity contribution >= 4 is 22.5 Å². The van der Waals surface area contributed by atoms with Gasteiger partial charge in [-0.25, -0.2) is 9.97 Å². The van der Waals surface area contributed by atoms with Crippen LogP contribution in [0.5, 0.6) is 0 Å². The maximum atomic E-state index is 13.2. The molecule has 4 aromatic rings. The maximum Gasteiger partial charge on any atom is 0.275 e. The van der Waals surface area contributed by atoms with Crippen LogP contribution in [0.25, 0.3) is 22.2 Å². The van der Waals surface area contributed by atoms with E-state index in [1.165, 1.54) is 16.7 Å². The van der Waals surface area contributed by atoms with Gasteiger partial charge in [0.15, 0.2) is 0 Å². The minimum absolute atomic E-state index is 0.00244. The number of benzene rings is 2. The van der Waals surface area contributed by atoms with E-state index in [4.69, 9.17) is 9.72 Å². The standard InChI is InChI=1S/C30H36N6O2/c1-20(22-10-12-23(13-11-22)25-9-7-6-8-24(25)19-34(3)4)31-28-26-18-27(36-14-16-38-17-15-36)30(37)35(5)29(26)33-21(2)32-28/h6-13,18,20H,14-17,19H2,1-5H3,(H,31,32,33)/t20-/m1/s1. The highest BCUT2D eigenvalue weighted by Gasteiger charge is 2.20. The van der Waals surface area contributed by atoms with Gasteiger partial charge in [0.2, 0.25) is 0 Å². The number of nitrogens with zero attached hydrogens (tertiary/aromatic N) is 5. The third kappa shape index (κ3) is 5.28. The molecule has 0 unspecified atom stereocenters. The summed E-state index contributed by atoms with van der Waals surface area (Å²) in [5.41, 5.74) is 6.15. The second-order valence-electron chi connectivity index (χ2n) is 10.2. The van der Waals surface area contributed by atoms with Crippen molar-refractivity contribution in [2.24, 2.45) is 7.05 Å². The number of aromatic nitrogens is 3. The smallest absolute Gasteiger partial charge is 0.275 e. The highest BCUT2D eigenvalue weighted by Crippen LogP contribution is 2.29. The van der Waals surface area contributed by atoms with E-state index in [0.29, 0.717) is 43.5 Å². The zero-order valence-electron chi connectivity index (χ0n) is 22.9. The van der Waals surface area contributed by atoms with E-state index in [-0.39, 0.29) is 11.6 Å². The number of aryl methyl sites for hydroxylation is 2. The second kappa shape index (κ2) is 10.9. The summed E-state index contributed by atoms with van der Waals surface area (Å²) in [6.07, 6.45) is 0. The number of ether oxygens (including phenoxy) is 1. The lowest BCUT2D eigenvalue weighted by molar-refractivity contribution is 0.122. The summed E-state index contributed by atoms with van der Waals surface area (Å²) >= 11 is 0. The molecule has 1 atom stereocenters. The average Bonchev–Trinajstić information content (AvgIpc) is 2.91. The van der Waals surface area contributed by atoms with Crippen LogP contribution in [0, 0.1) is 6.92 Å². The molecule has 1 saturated heterocycles. The summed E-state index contributed by atoms with van der Waals surface area (Å²) < 4.78 is 7.12. The molecule has 8 nitrogen and oxygen atoms in total. The molecule has 2 aromatic heterocycles. The first kappa shape index (κ1) is 25.9. The van der Waals surface area contributed by atoms with E-state index in [1.54, 1.807) is 11.6 Å². The van der Waals surface area contributed by atoms with Crippen LogP contribution in [0.3, 0.4) is 0 Å². The van der Waals surface area contributed by atoms with Crippen molar-refractivity contribution in [3.05, 3.63) is 81.9 Å². The summed E-state index contributed by atoms with van der Waals surface area (Å²) in [4.78, 5) is 26.8. The van der Waals surface area contributed by atoms with Crippen LogP contribution >= 0.6 is 0 Å². The van der Waals surface area contributed by atoms with Crippen molar-refractivity contribution in [2.45, 2.75) is 26.4 Å². The van der Waals surface area contributed by atoms with Gasteiger partial charge >= 0.3 is 0 Å². The summed E-state index contributed by atoms with van der Waals surface area (Å²) in [6.45, 7) is 7.49. The van der Waals surface area contributed by atoms with Gasteiger partial charge in [0.25, 0.3) is 5.56 Å². The van der Waals surface area contributed by atoms with E-state index in [0.717, 1.165) is 23.3 Å². The Morgan fingerprint density at radius 2 is 1.76 bits per heavy atom. The quantitative estimate of drug-likeness (QED) is 0.394. The molecular formula is C30H36N6O2. The zero-order valence-corrected chi connectivity index (χ0v) is 22.9. The second-order valence-corrected chi connectivity index (χ2v) is 10.2. The van der Waals surface area contributed by atoms with Gasteiger partial charge in [0, 0.05) is 32.7 Å². The maximum absolute atomic E-state index is 13.2. The lowest BCUT2D eigenvalue weighted by Crippen LogP contribution is -2.40. The monoisotopic (exact) mass is 512 g/mol. The number of pyridine rings is 1. The van der Waals surface area contributed by atoms with Crippen LogP contribution < -0.4 is 15.8 Å². The Bertz CT molecular complexity index is 1490. The Morgan fingerprint density at radius 1 is 1.05 bits per heavy atom. The first-order valence-corrected chi connectivity index (χ1v) is 13.1. The Morgan fingerprint density at radius 3 is 2.47 bits per heavy atom. The summed E-state index contributed by atoms with van der Waals surface area (Å²) in [5, 5.41) is 4.43. The fourth-order valence-corrected chi connectivity index (χ4v) is 5.08. The first-order chi connectivity index (χ1) is 18.3. The highest BCUT2D eigenvalue weighted by atomic mass is 16.5. The first-order valence-electron chi connectivity index (χ1n) is 13.1. The van der Waals surface area contributed by atoms with Gasteiger partial charge in [-0.1, -0.05) is 48.5 Å². The fourth-order valence-electron chi connectivity index (χ4n) is 5.08. The molecule has 1 fully saturated rings. The van der Waals surface area contributed by atoms with E-state index in [2.05, 4.69) is 89.7 Å². The zero-order chi connectivity index (χ0) is 26.8. The summed E-state index contributed by atoms with van der Waals surface area (Å²) in [6, 6.07) is 19.2.